The zero-order valence-corrected chi connectivity index (χ0v) is 11.3. The Morgan fingerprint density at radius 3 is 2.68 bits per heavy atom. The Bertz CT molecular complexity index is 403. The smallest absolute Gasteiger partial charge is 0.311 e. The van der Waals surface area contributed by atoms with Gasteiger partial charge in [0.25, 0.3) is 0 Å². The largest absolute Gasteiger partial charge is 0.438 e. The molecule has 6 unspecified atom stereocenters. The molecule has 0 aliphatic heterocycles. The summed E-state index contributed by atoms with van der Waals surface area (Å²) < 4.78 is 11.1. The molecule has 0 aromatic rings. The van der Waals surface area contributed by atoms with Crippen molar-refractivity contribution in [1.82, 2.24) is 0 Å². The van der Waals surface area contributed by atoms with Gasteiger partial charge in [-0.05, 0) is 62.2 Å². The van der Waals surface area contributed by atoms with Crippen molar-refractivity contribution in [3.63, 3.8) is 0 Å². The standard InChI is InChI=1S/C16H22O3/c17-16(14-7-10-1-3-12(14)5-10)19-9-18-15-8-11-2-4-13(15)6-11/h1,3,10-15H,2,4-9H2. The minimum absolute atomic E-state index is 0.0417. The summed E-state index contributed by atoms with van der Waals surface area (Å²) in [4.78, 5) is 12.0. The van der Waals surface area contributed by atoms with Crippen LogP contribution in [0.25, 0.3) is 0 Å². The van der Waals surface area contributed by atoms with E-state index >= 15 is 0 Å². The molecule has 0 saturated heterocycles. The van der Waals surface area contributed by atoms with Crippen LogP contribution in [0.1, 0.15) is 38.5 Å². The highest BCUT2D eigenvalue weighted by Crippen LogP contribution is 2.46. The molecule has 0 aromatic carbocycles. The Hall–Kier alpha value is -0.830. The maximum absolute atomic E-state index is 12.0. The first kappa shape index (κ1) is 12.0. The van der Waals surface area contributed by atoms with Gasteiger partial charge >= 0.3 is 5.97 Å². The van der Waals surface area contributed by atoms with Crippen LogP contribution in [0.5, 0.6) is 0 Å². The average molecular weight is 262 g/mol. The van der Waals surface area contributed by atoms with Gasteiger partial charge in [-0.25, -0.2) is 0 Å². The first-order chi connectivity index (χ1) is 9.29. The van der Waals surface area contributed by atoms with Gasteiger partial charge in [0.2, 0.25) is 0 Å². The molecule has 0 N–H and O–H groups in total. The van der Waals surface area contributed by atoms with Crippen LogP contribution >= 0.6 is 0 Å². The summed E-state index contributed by atoms with van der Waals surface area (Å²) in [6.45, 7) is 0.171. The number of ether oxygens (including phenoxy) is 2. The molecule has 0 amide bonds. The lowest BCUT2D eigenvalue weighted by Gasteiger charge is -2.23. The third-order valence-electron chi connectivity index (χ3n) is 5.74. The van der Waals surface area contributed by atoms with Crippen molar-refractivity contribution in [3.8, 4) is 0 Å². The Morgan fingerprint density at radius 1 is 1.11 bits per heavy atom. The minimum atomic E-state index is -0.0417. The van der Waals surface area contributed by atoms with E-state index in [1.165, 1.54) is 25.7 Å². The number of esters is 1. The van der Waals surface area contributed by atoms with Crippen LogP contribution in [0.2, 0.25) is 0 Å². The van der Waals surface area contributed by atoms with Gasteiger partial charge in [-0.2, -0.15) is 0 Å². The lowest BCUT2D eigenvalue weighted by molar-refractivity contribution is -0.168. The van der Waals surface area contributed by atoms with Crippen molar-refractivity contribution in [1.29, 1.82) is 0 Å². The molecule has 3 fully saturated rings. The number of carbonyl (C=O) groups excluding carboxylic acids is 1. The van der Waals surface area contributed by atoms with E-state index in [0.717, 1.165) is 24.7 Å². The van der Waals surface area contributed by atoms with Crippen LogP contribution in [0.15, 0.2) is 12.2 Å². The van der Waals surface area contributed by atoms with Crippen molar-refractivity contribution < 1.29 is 14.3 Å². The predicted octanol–water partition coefficient (Wildman–Crippen LogP) is 2.90. The van der Waals surface area contributed by atoms with Crippen molar-refractivity contribution in [2.24, 2.45) is 29.6 Å². The number of allylic oxidation sites excluding steroid dienone is 2. The van der Waals surface area contributed by atoms with Gasteiger partial charge in [-0.3, -0.25) is 4.79 Å². The van der Waals surface area contributed by atoms with E-state index in [9.17, 15) is 4.79 Å². The molecular formula is C16H22O3. The van der Waals surface area contributed by atoms with Crippen molar-refractivity contribution in [3.05, 3.63) is 12.2 Å². The summed E-state index contributed by atoms with van der Waals surface area (Å²) in [5.41, 5.74) is 0. The van der Waals surface area contributed by atoms with E-state index in [0.29, 0.717) is 17.9 Å². The summed E-state index contributed by atoms with van der Waals surface area (Å²) in [5.74, 6) is 2.71. The molecule has 0 aromatic heterocycles. The number of hydrogen-bond donors (Lipinski definition) is 0. The fraction of sp³-hybridized carbons (Fsp3) is 0.812. The molecule has 104 valence electrons. The van der Waals surface area contributed by atoms with Gasteiger partial charge in [0.15, 0.2) is 6.79 Å². The first-order valence-corrected chi connectivity index (χ1v) is 7.76. The number of rotatable bonds is 4. The average Bonchev–Trinajstić information content (AvgIpc) is 3.18. The highest BCUT2D eigenvalue weighted by Gasteiger charge is 2.42. The van der Waals surface area contributed by atoms with Gasteiger partial charge in [0, 0.05) is 0 Å². The first-order valence-electron chi connectivity index (χ1n) is 7.76. The topological polar surface area (TPSA) is 35.5 Å². The lowest BCUT2D eigenvalue weighted by Crippen LogP contribution is -2.26. The Kier molecular flexibility index (Phi) is 2.91. The fourth-order valence-electron chi connectivity index (χ4n) is 4.73. The molecule has 4 aliphatic rings. The molecule has 3 saturated carbocycles. The van der Waals surface area contributed by atoms with Crippen LogP contribution in [0.4, 0.5) is 0 Å². The highest BCUT2D eigenvalue weighted by molar-refractivity contribution is 5.74. The Morgan fingerprint density at radius 2 is 2.05 bits per heavy atom. The van der Waals surface area contributed by atoms with Gasteiger partial charge in [0.1, 0.15) is 0 Å². The third kappa shape index (κ3) is 2.12. The molecule has 0 radical (unpaired) electrons. The van der Waals surface area contributed by atoms with Crippen LogP contribution in [0, 0.1) is 29.6 Å². The molecular weight excluding hydrogens is 240 g/mol. The quantitative estimate of drug-likeness (QED) is 0.444. The van der Waals surface area contributed by atoms with Crippen LogP contribution < -0.4 is 0 Å². The van der Waals surface area contributed by atoms with Gasteiger partial charge < -0.3 is 9.47 Å². The van der Waals surface area contributed by atoms with Crippen molar-refractivity contribution in [2.45, 2.75) is 44.6 Å². The summed E-state index contributed by atoms with van der Waals surface area (Å²) in [5, 5.41) is 0. The molecule has 4 rings (SSSR count). The SMILES string of the molecule is O=C(OCOC1CC2CCC1C2)C1CC2C=CC1C2. The second kappa shape index (κ2) is 4.62. The van der Waals surface area contributed by atoms with E-state index in [2.05, 4.69) is 12.2 Å². The van der Waals surface area contributed by atoms with E-state index in [4.69, 9.17) is 9.47 Å². The van der Waals surface area contributed by atoms with Crippen LogP contribution in [-0.4, -0.2) is 18.9 Å². The monoisotopic (exact) mass is 262 g/mol. The molecule has 4 bridgehead atoms. The van der Waals surface area contributed by atoms with Gasteiger partial charge in [-0.15, -0.1) is 0 Å². The molecule has 19 heavy (non-hydrogen) atoms. The molecule has 0 spiro atoms. The van der Waals surface area contributed by atoms with E-state index in [1.807, 2.05) is 0 Å². The molecule has 4 aliphatic carbocycles. The van der Waals surface area contributed by atoms with Gasteiger partial charge in [0.05, 0.1) is 12.0 Å². The third-order valence-corrected chi connectivity index (χ3v) is 5.74. The summed E-state index contributed by atoms with van der Waals surface area (Å²) in [6.07, 6.45) is 12.1. The van der Waals surface area contributed by atoms with Crippen LogP contribution in [0.3, 0.4) is 0 Å². The summed E-state index contributed by atoms with van der Waals surface area (Å²) >= 11 is 0. The maximum Gasteiger partial charge on any atom is 0.311 e. The zero-order valence-electron chi connectivity index (χ0n) is 11.3. The fourth-order valence-corrected chi connectivity index (χ4v) is 4.73. The number of hydrogen-bond acceptors (Lipinski definition) is 3. The predicted molar refractivity (Wildman–Crippen MR) is 70.1 cm³/mol. The van der Waals surface area contributed by atoms with Crippen molar-refractivity contribution in [2.75, 3.05) is 6.79 Å². The van der Waals surface area contributed by atoms with E-state index < -0.39 is 0 Å². The summed E-state index contributed by atoms with van der Waals surface area (Å²) in [6, 6.07) is 0. The minimum Gasteiger partial charge on any atom is -0.438 e. The van der Waals surface area contributed by atoms with Crippen LogP contribution in [-0.2, 0) is 14.3 Å². The van der Waals surface area contributed by atoms with Crippen molar-refractivity contribution >= 4 is 5.97 Å². The number of carbonyl (C=O) groups is 1. The second-order valence-corrected chi connectivity index (χ2v) is 6.85. The van der Waals surface area contributed by atoms with Gasteiger partial charge in [-0.1, -0.05) is 12.2 Å². The molecule has 6 atom stereocenters. The normalized spacial score (nSPS) is 46.1. The Labute approximate surface area is 114 Å². The zero-order chi connectivity index (χ0) is 12.8. The van der Waals surface area contributed by atoms with E-state index in [1.54, 1.807) is 0 Å². The van der Waals surface area contributed by atoms with E-state index in [-0.39, 0.29) is 18.7 Å². The summed E-state index contributed by atoms with van der Waals surface area (Å²) in [7, 11) is 0. The molecule has 3 nitrogen and oxygen atoms in total. The molecule has 3 heteroatoms. The second-order valence-electron chi connectivity index (χ2n) is 6.85. The number of fused-ring (bicyclic) bond motifs is 4. The molecule has 0 heterocycles. The lowest BCUT2D eigenvalue weighted by atomic mass is 9.94. The Balaban J connectivity index is 1.23. The maximum atomic E-state index is 12.0. The highest BCUT2D eigenvalue weighted by atomic mass is 16.7.